The van der Waals surface area contributed by atoms with Gasteiger partial charge in [-0.3, -0.25) is 4.79 Å². The molecular weight excluding hydrogens is 263 g/mol. The summed E-state index contributed by atoms with van der Waals surface area (Å²) in [7, 11) is 0. The van der Waals surface area contributed by atoms with Gasteiger partial charge in [-0.05, 0) is 25.1 Å². The SMILES string of the molecule is CCOC(=O)N1CCN(c2ccc(F)cc2C=O)CC1. The van der Waals surface area contributed by atoms with Crippen molar-refractivity contribution in [3.63, 3.8) is 0 Å². The van der Waals surface area contributed by atoms with E-state index in [-0.39, 0.29) is 6.09 Å². The van der Waals surface area contributed by atoms with Crippen LogP contribution in [0.4, 0.5) is 14.9 Å². The third-order valence-corrected chi connectivity index (χ3v) is 3.26. The molecule has 1 saturated heterocycles. The van der Waals surface area contributed by atoms with Crippen molar-refractivity contribution in [1.82, 2.24) is 4.90 Å². The zero-order valence-electron chi connectivity index (χ0n) is 11.3. The highest BCUT2D eigenvalue weighted by molar-refractivity contribution is 5.84. The molecule has 1 aromatic rings. The molecule has 1 aromatic carbocycles. The van der Waals surface area contributed by atoms with E-state index in [1.165, 1.54) is 12.1 Å². The van der Waals surface area contributed by atoms with Crippen LogP contribution in [0, 0.1) is 5.82 Å². The third kappa shape index (κ3) is 3.07. The quantitative estimate of drug-likeness (QED) is 0.794. The van der Waals surface area contributed by atoms with Gasteiger partial charge in [-0.15, -0.1) is 0 Å². The van der Waals surface area contributed by atoms with Crippen LogP contribution in [0.5, 0.6) is 0 Å². The van der Waals surface area contributed by atoms with Crippen molar-refractivity contribution >= 4 is 18.1 Å². The lowest BCUT2D eigenvalue weighted by atomic mass is 10.1. The minimum Gasteiger partial charge on any atom is -0.450 e. The number of ether oxygens (including phenoxy) is 1. The first-order valence-electron chi connectivity index (χ1n) is 6.57. The van der Waals surface area contributed by atoms with E-state index in [0.717, 1.165) is 0 Å². The van der Waals surface area contributed by atoms with Crippen molar-refractivity contribution in [2.45, 2.75) is 6.92 Å². The average Bonchev–Trinajstić information content (AvgIpc) is 2.47. The molecule has 0 atom stereocenters. The molecule has 0 N–H and O–H groups in total. The van der Waals surface area contributed by atoms with Crippen LogP contribution >= 0.6 is 0 Å². The molecule has 0 aliphatic carbocycles. The topological polar surface area (TPSA) is 49.9 Å². The number of hydrogen-bond acceptors (Lipinski definition) is 4. The van der Waals surface area contributed by atoms with Gasteiger partial charge >= 0.3 is 6.09 Å². The van der Waals surface area contributed by atoms with E-state index in [1.54, 1.807) is 17.9 Å². The van der Waals surface area contributed by atoms with E-state index in [4.69, 9.17) is 4.74 Å². The molecule has 1 amide bonds. The fourth-order valence-corrected chi connectivity index (χ4v) is 2.25. The highest BCUT2D eigenvalue weighted by atomic mass is 19.1. The number of piperazine rings is 1. The Morgan fingerprint density at radius 3 is 2.65 bits per heavy atom. The maximum absolute atomic E-state index is 13.1. The number of anilines is 1. The van der Waals surface area contributed by atoms with Gasteiger partial charge in [0.05, 0.1) is 6.61 Å². The van der Waals surface area contributed by atoms with Gasteiger partial charge in [0.25, 0.3) is 0 Å². The van der Waals surface area contributed by atoms with Gasteiger partial charge in [0.2, 0.25) is 0 Å². The molecule has 108 valence electrons. The first-order valence-corrected chi connectivity index (χ1v) is 6.57. The van der Waals surface area contributed by atoms with E-state index in [1.807, 2.05) is 4.90 Å². The molecule has 0 aromatic heterocycles. The molecule has 1 fully saturated rings. The molecule has 1 aliphatic rings. The molecule has 0 saturated carbocycles. The molecule has 1 aliphatic heterocycles. The van der Waals surface area contributed by atoms with Crippen molar-refractivity contribution in [2.75, 3.05) is 37.7 Å². The monoisotopic (exact) mass is 280 g/mol. The zero-order chi connectivity index (χ0) is 14.5. The molecule has 0 bridgehead atoms. The number of rotatable bonds is 3. The van der Waals surface area contributed by atoms with Crippen LogP contribution in [-0.2, 0) is 4.74 Å². The van der Waals surface area contributed by atoms with E-state index in [0.29, 0.717) is 50.3 Å². The number of hydrogen-bond donors (Lipinski definition) is 0. The van der Waals surface area contributed by atoms with Crippen LogP contribution in [0.15, 0.2) is 18.2 Å². The number of nitrogens with zero attached hydrogens (tertiary/aromatic N) is 2. The summed E-state index contributed by atoms with van der Waals surface area (Å²) in [4.78, 5) is 26.2. The Bertz CT molecular complexity index is 499. The lowest BCUT2D eigenvalue weighted by molar-refractivity contribution is 0.105. The number of aldehydes is 1. The smallest absolute Gasteiger partial charge is 0.409 e. The first-order chi connectivity index (χ1) is 9.65. The second kappa shape index (κ2) is 6.36. The van der Waals surface area contributed by atoms with Crippen molar-refractivity contribution in [2.24, 2.45) is 0 Å². The lowest BCUT2D eigenvalue weighted by Crippen LogP contribution is -2.49. The molecule has 1 heterocycles. The summed E-state index contributed by atoms with van der Waals surface area (Å²) in [5, 5.41) is 0. The molecule has 2 rings (SSSR count). The van der Waals surface area contributed by atoms with Crippen LogP contribution in [0.25, 0.3) is 0 Å². The van der Waals surface area contributed by atoms with E-state index < -0.39 is 5.82 Å². The van der Waals surface area contributed by atoms with Gasteiger partial charge in [-0.25, -0.2) is 9.18 Å². The standard InChI is InChI=1S/C14H17FN2O3/c1-2-20-14(19)17-7-5-16(6-8-17)13-4-3-12(15)9-11(13)10-18/h3-4,9-10H,2,5-8H2,1H3. The minimum absolute atomic E-state index is 0.318. The first kappa shape index (κ1) is 14.3. The second-order valence-corrected chi connectivity index (χ2v) is 4.49. The largest absolute Gasteiger partial charge is 0.450 e. The number of carbonyl (C=O) groups is 2. The molecule has 6 heteroatoms. The molecule has 0 unspecified atom stereocenters. The Morgan fingerprint density at radius 2 is 2.05 bits per heavy atom. The molecule has 0 spiro atoms. The molecule has 20 heavy (non-hydrogen) atoms. The Morgan fingerprint density at radius 1 is 1.35 bits per heavy atom. The maximum Gasteiger partial charge on any atom is 0.409 e. The van der Waals surface area contributed by atoms with E-state index in [2.05, 4.69) is 0 Å². The predicted molar refractivity (Wildman–Crippen MR) is 72.6 cm³/mol. The summed E-state index contributed by atoms with van der Waals surface area (Å²) in [6.45, 7) is 4.34. The number of carbonyl (C=O) groups excluding carboxylic acids is 2. The van der Waals surface area contributed by atoms with Crippen molar-refractivity contribution in [3.05, 3.63) is 29.6 Å². The van der Waals surface area contributed by atoms with Crippen molar-refractivity contribution in [3.8, 4) is 0 Å². The Balaban J connectivity index is 2.04. The van der Waals surface area contributed by atoms with Gasteiger partial charge in [-0.2, -0.15) is 0 Å². The van der Waals surface area contributed by atoms with Gasteiger partial charge in [0.1, 0.15) is 5.82 Å². The fourth-order valence-electron chi connectivity index (χ4n) is 2.25. The Labute approximate surface area is 116 Å². The van der Waals surface area contributed by atoms with Crippen LogP contribution in [0.2, 0.25) is 0 Å². The van der Waals surface area contributed by atoms with Crippen LogP contribution in [0.1, 0.15) is 17.3 Å². The summed E-state index contributed by atoms with van der Waals surface area (Å²) in [5.74, 6) is -0.430. The Kier molecular flexibility index (Phi) is 4.55. The Hall–Kier alpha value is -2.11. The third-order valence-electron chi connectivity index (χ3n) is 3.26. The van der Waals surface area contributed by atoms with Crippen molar-refractivity contribution in [1.29, 1.82) is 0 Å². The van der Waals surface area contributed by atoms with Gasteiger partial charge in [0.15, 0.2) is 6.29 Å². The van der Waals surface area contributed by atoms with Crippen LogP contribution < -0.4 is 4.90 Å². The predicted octanol–water partition coefficient (Wildman–Crippen LogP) is 1.92. The van der Waals surface area contributed by atoms with Crippen molar-refractivity contribution < 1.29 is 18.7 Å². The zero-order valence-corrected chi connectivity index (χ0v) is 11.3. The lowest BCUT2D eigenvalue weighted by Gasteiger charge is -2.35. The van der Waals surface area contributed by atoms with Crippen LogP contribution in [-0.4, -0.2) is 50.1 Å². The van der Waals surface area contributed by atoms with Gasteiger partial charge in [0, 0.05) is 37.4 Å². The van der Waals surface area contributed by atoms with E-state index >= 15 is 0 Å². The number of benzene rings is 1. The fraction of sp³-hybridized carbons (Fsp3) is 0.429. The highest BCUT2D eigenvalue weighted by Gasteiger charge is 2.23. The maximum atomic E-state index is 13.1. The van der Waals surface area contributed by atoms with E-state index in [9.17, 15) is 14.0 Å². The summed E-state index contributed by atoms with van der Waals surface area (Å²) in [6, 6.07) is 4.15. The number of halogens is 1. The summed E-state index contributed by atoms with van der Waals surface area (Å²) >= 11 is 0. The second-order valence-electron chi connectivity index (χ2n) is 4.49. The summed E-state index contributed by atoms with van der Waals surface area (Å²) < 4.78 is 18.1. The van der Waals surface area contributed by atoms with Gasteiger partial charge in [-0.1, -0.05) is 0 Å². The van der Waals surface area contributed by atoms with Crippen LogP contribution in [0.3, 0.4) is 0 Å². The number of amides is 1. The molecule has 0 radical (unpaired) electrons. The summed E-state index contributed by atoms with van der Waals surface area (Å²) in [6.07, 6.45) is 0.331. The normalized spacial score (nSPS) is 15.1. The average molecular weight is 280 g/mol. The molecule has 5 nitrogen and oxygen atoms in total. The highest BCUT2D eigenvalue weighted by Crippen LogP contribution is 2.21. The summed E-state index contributed by atoms with van der Waals surface area (Å²) in [5.41, 5.74) is 1.03. The van der Waals surface area contributed by atoms with Gasteiger partial charge < -0.3 is 14.5 Å². The minimum atomic E-state index is -0.430. The molecular formula is C14H17FN2O3.